The molecule has 116 valence electrons. The van der Waals surface area contributed by atoms with Gasteiger partial charge in [0.2, 0.25) is 0 Å². The fourth-order valence-corrected chi connectivity index (χ4v) is 3.41. The molecule has 1 aliphatic rings. The number of benzene rings is 1. The SMILES string of the molecule is O=C(O)c1nc(Br)n(C2CCC2)c1C(O)c1ccc(Cl)cc1. The molecule has 0 amide bonds. The van der Waals surface area contributed by atoms with E-state index in [-0.39, 0.29) is 11.7 Å². The van der Waals surface area contributed by atoms with Crippen LogP contribution in [0.15, 0.2) is 29.0 Å². The van der Waals surface area contributed by atoms with Crippen molar-refractivity contribution in [2.75, 3.05) is 0 Å². The number of hydrogen-bond acceptors (Lipinski definition) is 3. The van der Waals surface area contributed by atoms with Crippen LogP contribution in [0.2, 0.25) is 5.02 Å². The van der Waals surface area contributed by atoms with Crippen LogP contribution in [-0.4, -0.2) is 25.7 Å². The summed E-state index contributed by atoms with van der Waals surface area (Å²) in [6.45, 7) is 0. The fourth-order valence-electron chi connectivity index (χ4n) is 2.63. The fraction of sp³-hybridized carbons (Fsp3) is 0.333. The van der Waals surface area contributed by atoms with Crippen molar-refractivity contribution in [1.82, 2.24) is 9.55 Å². The first kappa shape index (κ1) is 15.5. The summed E-state index contributed by atoms with van der Waals surface area (Å²) in [4.78, 5) is 15.5. The Labute approximate surface area is 140 Å². The Balaban J connectivity index is 2.10. The lowest BCUT2D eigenvalue weighted by Gasteiger charge is -2.30. The van der Waals surface area contributed by atoms with Crippen molar-refractivity contribution in [3.05, 3.63) is 51.0 Å². The second kappa shape index (κ2) is 6.02. The predicted molar refractivity (Wildman–Crippen MR) is 85.3 cm³/mol. The summed E-state index contributed by atoms with van der Waals surface area (Å²) in [7, 11) is 0. The molecule has 5 nitrogen and oxygen atoms in total. The summed E-state index contributed by atoms with van der Waals surface area (Å²) in [6.07, 6.45) is 1.93. The molecule has 1 atom stereocenters. The Bertz CT molecular complexity index is 710. The molecule has 7 heteroatoms. The maximum Gasteiger partial charge on any atom is 0.356 e. The Morgan fingerprint density at radius 2 is 2.00 bits per heavy atom. The minimum Gasteiger partial charge on any atom is -0.476 e. The molecule has 3 rings (SSSR count). The summed E-state index contributed by atoms with van der Waals surface area (Å²) < 4.78 is 2.24. The van der Waals surface area contributed by atoms with Gasteiger partial charge in [-0.1, -0.05) is 23.7 Å². The highest BCUT2D eigenvalue weighted by molar-refractivity contribution is 9.10. The molecule has 0 spiro atoms. The van der Waals surface area contributed by atoms with Gasteiger partial charge < -0.3 is 14.8 Å². The van der Waals surface area contributed by atoms with Gasteiger partial charge in [-0.25, -0.2) is 9.78 Å². The second-order valence-electron chi connectivity index (χ2n) is 5.33. The van der Waals surface area contributed by atoms with E-state index in [4.69, 9.17) is 11.6 Å². The molecule has 1 heterocycles. The lowest BCUT2D eigenvalue weighted by molar-refractivity contribution is 0.0683. The van der Waals surface area contributed by atoms with Gasteiger partial charge in [0.05, 0.1) is 5.69 Å². The van der Waals surface area contributed by atoms with Crippen LogP contribution in [0.4, 0.5) is 0 Å². The maximum atomic E-state index is 11.5. The second-order valence-corrected chi connectivity index (χ2v) is 6.47. The monoisotopic (exact) mass is 384 g/mol. The van der Waals surface area contributed by atoms with Crippen LogP contribution in [0.5, 0.6) is 0 Å². The molecular formula is C15H14BrClN2O3. The van der Waals surface area contributed by atoms with E-state index >= 15 is 0 Å². The lowest BCUT2D eigenvalue weighted by atomic mass is 9.92. The molecule has 1 aliphatic carbocycles. The third-order valence-corrected chi connectivity index (χ3v) is 4.80. The third kappa shape index (κ3) is 2.66. The maximum absolute atomic E-state index is 11.5. The Kier molecular flexibility index (Phi) is 4.25. The summed E-state index contributed by atoms with van der Waals surface area (Å²) in [5.74, 6) is -1.15. The van der Waals surface area contributed by atoms with Gasteiger partial charge in [0, 0.05) is 11.1 Å². The number of imidazole rings is 1. The number of nitrogens with zero attached hydrogens (tertiary/aromatic N) is 2. The lowest BCUT2D eigenvalue weighted by Crippen LogP contribution is -2.22. The Morgan fingerprint density at radius 1 is 1.36 bits per heavy atom. The number of hydrogen-bond donors (Lipinski definition) is 2. The Hall–Kier alpha value is -1.37. The van der Waals surface area contributed by atoms with Gasteiger partial charge in [0.15, 0.2) is 10.4 Å². The van der Waals surface area contributed by atoms with E-state index < -0.39 is 12.1 Å². The molecule has 0 aliphatic heterocycles. The number of carbonyl (C=O) groups is 1. The van der Waals surface area contributed by atoms with E-state index in [2.05, 4.69) is 20.9 Å². The van der Waals surface area contributed by atoms with Crippen molar-refractivity contribution < 1.29 is 15.0 Å². The number of aliphatic hydroxyl groups excluding tert-OH is 1. The van der Waals surface area contributed by atoms with Crippen LogP contribution in [-0.2, 0) is 0 Å². The highest BCUT2D eigenvalue weighted by Crippen LogP contribution is 2.39. The number of rotatable bonds is 4. The zero-order valence-electron chi connectivity index (χ0n) is 11.5. The van der Waals surface area contributed by atoms with Crippen LogP contribution in [0.25, 0.3) is 0 Å². The zero-order valence-corrected chi connectivity index (χ0v) is 13.9. The Morgan fingerprint density at radius 3 is 2.50 bits per heavy atom. The number of halogens is 2. The van der Waals surface area contributed by atoms with E-state index in [1.54, 1.807) is 28.8 Å². The van der Waals surface area contributed by atoms with Crippen LogP contribution < -0.4 is 0 Å². The zero-order chi connectivity index (χ0) is 15.9. The van der Waals surface area contributed by atoms with Crippen molar-refractivity contribution in [1.29, 1.82) is 0 Å². The van der Waals surface area contributed by atoms with Crippen molar-refractivity contribution >= 4 is 33.5 Å². The van der Waals surface area contributed by atoms with E-state index in [0.717, 1.165) is 19.3 Å². The largest absolute Gasteiger partial charge is 0.476 e. The normalized spacial score (nSPS) is 16.3. The molecule has 1 fully saturated rings. The summed E-state index contributed by atoms with van der Waals surface area (Å²) >= 11 is 9.18. The number of aromatic nitrogens is 2. The van der Waals surface area contributed by atoms with Crippen LogP contribution in [0.1, 0.15) is 53.2 Å². The summed E-state index contributed by atoms with van der Waals surface area (Å²) in [5, 5.41) is 20.6. The average Bonchev–Trinajstić information content (AvgIpc) is 2.75. The third-order valence-electron chi connectivity index (χ3n) is 3.99. The van der Waals surface area contributed by atoms with Gasteiger partial charge >= 0.3 is 5.97 Å². The summed E-state index contributed by atoms with van der Waals surface area (Å²) in [5.41, 5.74) is 0.771. The van der Waals surface area contributed by atoms with E-state index in [1.165, 1.54) is 0 Å². The number of aliphatic hydroxyl groups is 1. The van der Waals surface area contributed by atoms with Crippen LogP contribution in [0.3, 0.4) is 0 Å². The molecular weight excluding hydrogens is 372 g/mol. The minimum atomic E-state index is -1.15. The molecule has 1 unspecified atom stereocenters. The molecule has 0 radical (unpaired) electrons. The van der Waals surface area contributed by atoms with E-state index in [0.29, 0.717) is 21.0 Å². The van der Waals surface area contributed by atoms with Gasteiger partial charge in [-0.05, 0) is 52.9 Å². The van der Waals surface area contributed by atoms with Crippen molar-refractivity contribution in [2.45, 2.75) is 31.4 Å². The first-order valence-corrected chi connectivity index (χ1v) is 8.10. The van der Waals surface area contributed by atoms with Crippen LogP contribution in [0, 0.1) is 0 Å². The van der Waals surface area contributed by atoms with E-state index in [1.807, 2.05) is 0 Å². The number of carboxylic acid groups (broad SMARTS) is 1. The van der Waals surface area contributed by atoms with Gasteiger partial charge in [0.25, 0.3) is 0 Å². The quantitative estimate of drug-likeness (QED) is 0.839. The molecule has 2 N–H and O–H groups in total. The average molecular weight is 386 g/mol. The predicted octanol–water partition coefficient (Wildman–Crippen LogP) is 3.80. The number of carboxylic acids is 1. The molecule has 1 aromatic heterocycles. The smallest absolute Gasteiger partial charge is 0.356 e. The highest BCUT2D eigenvalue weighted by Gasteiger charge is 2.32. The molecule has 2 aromatic rings. The highest BCUT2D eigenvalue weighted by atomic mass is 79.9. The van der Waals surface area contributed by atoms with Gasteiger partial charge in [-0.15, -0.1) is 0 Å². The van der Waals surface area contributed by atoms with Gasteiger partial charge in [-0.3, -0.25) is 0 Å². The van der Waals surface area contributed by atoms with Crippen molar-refractivity contribution in [2.24, 2.45) is 0 Å². The van der Waals surface area contributed by atoms with Crippen molar-refractivity contribution in [3.8, 4) is 0 Å². The topological polar surface area (TPSA) is 75.3 Å². The van der Waals surface area contributed by atoms with Gasteiger partial charge in [0.1, 0.15) is 6.10 Å². The summed E-state index contributed by atoms with van der Waals surface area (Å²) in [6, 6.07) is 6.88. The number of aromatic carboxylic acids is 1. The first-order valence-electron chi connectivity index (χ1n) is 6.93. The van der Waals surface area contributed by atoms with Gasteiger partial charge in [-0.2, -0.15) is 0 Å². The van der Waals surface area contributed by atoms with Crippen LogP contribution >= 0.6 is 27.5 Å². The van der Waals surface area contributed by atoms with E-state index in [9.17, 15) is 15.0 Å². The molecule has 22 heavy (non-hydrogen) atoms. The van der Waals surface area contributed by atoms with Crippen molar-refractivity contribution in [3.63, 3.8) is 0 Å². The first-order chi connectivity index (χ1) is 10.5. The minimum absolute atomic E-state index is 0.124. The molecule has 0 bridgehead atoms. The molecule has 1 saturated carbocycles. The molecule has 1 aromatic carbocycles. The molecule has 0 saturated heterocycles. The standard InChI is InChI=1S/C15H14BrClN2O3/c16-15-18-11(14(21)22)12(19(15)10-2-1-3-10)13(20)8-4-6-9(17)7-5-8/h4-7,10,13,20H,1-3H2,(H,21,22).